The Balaban J connectivity index is 1.33. The summed E-state index contributed by atoms with van der Waals surface area (Å²) in [5, 5.41) is 7.57. The maximum atomic E-state index is 5.82. The molecular weight excluding hydrogens is 476 g/mol. The maximum Gasteiger partial charge on any atom is 0.232 e. The molecule has 37 heavy (non-hydrogen) atoms. The Bertz CT molecular complexity index is 1010. The third kappa shape index (κ3) is 6.54. The van der Waals surface area contributed by atoms with Gasteiger partial charge in [-0.25, -0.2) is 0 Å². The average Bonchev–Trinajstić information content (AvgIpc) is 3.23. The van der Waals surface area contributed by atoms with E-state index in [4.69, 9.17) is 22.2 Å². The zero-order chi connectivity index (χ0) is 25.5. The van der Waals surface area contributed by atoms with Crippen LogP contribution in [0.15, 0.2) is 36.4 Å². The molecule has 0 bridgehead atoms. The van der Waals surface area contributed by atoms with Crippen molar-refractivity contribution in [2.75, 3.05) is 41.3 Å². The van der Waals surface area contributed by atoms with Crippen LogP contribution in [0.5, 0.6) is 0 Å². The van der Waals surface area contributed by atoms with Crippen molar-refractivity contribution in [2.24, 2.45) is 0 Å². The van der Waals surface area contributed by atoms with Crippen LogP contribution in [0.2, 0.25) is 0 Å². The fourth-order valence-corrected chi connectivity index (χ4v) is 6.67. The average molecular weight is 521 g/mol. The minimum atomic E-state index is 0.133. The van der Waals surface area contributed by atoms with Crippen molar-refractivity contribution in [2.45, 2.75) is 95.4 Å². The highest BCUT2D eigenvalue weighted by Crippen LogP contribution is 2.39. The number of anilines is 3. The summed E-state index contributed by atoms with van der Waals surface area (Å²) in [6.07, 6.45) is 15.1. The van der Waals surface area contributed by atoms with Crippen molar-refractivity contribution in [1.82, 2.24) is 15.3 Å². The van der Waals surface area contributed by atoms with E-state index in [1.807, 2.05) is 0 Å². The van der Waals surface area contributed by atoms with Crippen LogP contribution in [-0.4, -0.2) is 47.3 Å². The number of hydrogen-bond donors (Lipinski definition) is 2. The maximum absolute atomic E-state index is 5.82. The van der Waals surface area contributed by atoms with Gasteiger partial charge in [-0.1, -0.05) is 62.4 Å². The van der Waals surface area contributed by atoms with Crippen LogP contribution in [-0.2, 0) is 5.41 Å². The van der Waals surface area contributed by atoms with E-state index in [-0.39, 0.29) is 5.41 Å². The lowest BCUT2D eigenvalue weighted by molar-refractivity contribution is 0.292. The molecule has 7 heteroatoms. The van der Waals surface area contributed by atoms with Crippen LogP contribution >= 0.6 is 12.2 Å². The number of nitrogens with one attached hydrogen (secondary N) is 2. The third-order valence-corrected chi connectivity index (χ3v) is 8.98. The summed E-state index contributed by atoms with van der Waals surface area (Å²) in [6.45, 7) is 6.34. The third-order valence-electron chi connectivity index (χ3n) is 8.74. The highest BCUT2D eigenvalue weighted by atomic mass is 32.1. The Morgan fingerprint density at radius 2 is 1.57 bits per heavy atom. The zero-order valence-electron chi connectivity index (χ0n) is 22.6. The largest absolute Gasteiger partial charge is 0.361 e. The van der Waals surface area contributed by atoms with Crippen molar-refractivity contribution in [1.29, 1.82) is 0 Å². The van der Waals surface area contributed by atoms with Gasteiger partial charge in [-0.05, 0) is 69.7 Å². The van der Waals surface area contributed by atoms with Crippen LogP contribution in [0.25, 0.3) is 0 Å². The van der Waals surface area contributed by atoms with Crippen LogP contribution in [0.1, 0.15) is 89.5 Å². The van der Waals surface area contributed by atoms with Crippen LogP contribution < -0.4 is 20.4 Å². The van der Waals surface area contributed by atoms with Crippen molar-refractivity contribution in [3.8, 4) is 0 Å². The summed E-state index contributed by atoms with van der Waals surface area (Å²) in [5.41, 5.74) is 1.56. The number of benzene rings is 1. The number of nitrogens with zero attached hydrogens (tertiary/aromatic N) is 4. The van der Waals surface area contributed by atoms with Gasteiger partial charge in [-0.15, -0.1) is 0 Å². The highest BCUT2D eigenvalue weighted by Gasteiger charge is 2.34. The quantitative estimate of drug-likeness (QED) is 0.426. The van der Waals surface area contributed by atoms with Crippen molar-refractivity contribution in [3.63, 3.8) is 0 Å². The molecule has 0 radical (unpaired) electrons. The van der Waals surface area contributed by atoms with Crippen molar-refractivity contribution in [3.05, 3.63) is 42.0 Å². The normalized spacial score (nSPS) is 22.2. The van der Waals surface area contributed by atoms with Gasteiger partial charge in [0.05, 0.1) is 0 Å². The fourth-order valence-electron chi connectivity index (χ4n) is 6.51. The summed E-state index contributed by atoms with van der Waals surface area (Å²) in [4.78, 5) is 14.9. The highest BCUT2D eigenvalue weighted by molar-refractivity contribution is 7.80. The Morgan fingerprint density at radius 3 is 2.30 bits per heavy atom. The molecule has 3 aliphatic rings. The van der Waals surface area contributed by atoms with Crippen LogP contribution in [0.3, 0.4) is 0 Å². The van der Waals surface area contributed by atoms with E-state index in [2.05, 4.69) is 63.8 Å². The minimum absolute atomic E-state index is 0.133. The fraction of sp³-hybridized carbons (Fsp3) is 0.633. The zero-order valence-corrected chi connectivity index (χ0v) is 23.4. The lowest BCUT2D eigenvalue weighted by Gasteiger charge is -2.38. The molecule has 1 unspecified atom stereocenters. The van der Waals surface area contributed by atoms with Gasteiger partial charge in [0, 0.05) is 43.7 Å². The number of piperidine rings is 1. The second-order valence-corrected chi connectivity index (χ2v) is 11.8. The Labute approximate surface area is 228 Å². The van der Waals surface area contributed by atoms with E-state index >= 15 is 0 Å². The molecule has 2 saturated heterocycles. The smallest absolute Gasteiger partial charge is 0.232 e. The van der Waals surface area contributed by atoms with E-state index in [9.17, 15) is 0 Å². The summed E-state index contributed by atoms with van der Waals surface area (Å²) < 4.78 is 0. The number of thiocarbonyl (C=S) groups is 1. The second kappa shape index (κ2) is 12.4. The molecule has 2 aliphatic heterocycles. The van der Waals surface area contributed by atoms with Gasteiger partial charge in [-0.3, -0.25) is 0 Å². The topological polar surface area (TPSA) is 56.3 Å². The Kier molecular flexibility index (Phi) is 8.80. The lowest BCUT2D eigenvalue weighted by Crippen LogP contribution is -2.43. The Morgan fingerprint density at radius 1 is 0.892 bits per heavy atom. The predicted octanol–water partition coefficient (Wildman–Crippen LogP) is 6.42. The summed E-state index contributed by atoms with van der Waals surface area (Å²) in [6, 6.07) is 13.7. The van der Waals surface area contributed by atoms with Gasteiger partial charge < -0.3 is 20.4 Å². The van der Waals surface area contributed by atoms with Gasteiger partial charge in [0.25, 0.3) is 0 Å². The van der Waals surface area contributed by atoms with Gasteiger partial charge in [0.2, 0.25) is 5.95 Å². The molecule has 3 heterocycles. The minimum Gasteiger partial charge on any atom is -0.361 e. The van der Waals surface area contributed by atoms with E-state index in [1.54, 1.807) is 0 Å². The summed E-state index contributed by atoms with van der Waals surface area (Å²) in [5.74, 6) is 2.67. The van der Waals surface area contributed by atoms with E-state index in [1.165, 1.54) is 82.6 Å². The molecule has 2 aromatic rings. The van der Waals surface area contributed by atoms with E-state index in [0.717, 1.165) is 37.8 Å². The molecule has 1 atom stereocenters. The summed E-state index contributed by atoms with van der Waals surface area (Å²) in [7, 11) is 0. The molecule has 1 aromatic heterocycles. The molecule has 5 rings (SSSR count). The van der Waals surface area contributed by atoms with Crippen molar-refractivity contribution < 1.29 is 0 Å². The molecule has 200 valence electrons. The molecule has 1 saturated carbocycles. The number of rotatable bonds is 6. The molecule has 6 nitrogen and oxygen atoms in total. The van der Waals surface area contributed by atoms with Crippen molar-refractivity contribution >= 4 is 34.9 Å². The molecule has 0 spiro atoms. The van der Waals surface area contributed by atoms with E-state index in [0.29, 0.717) is 17.1 Å². The number of hydrogen-bond acceptors (Lipinski definition) is 5. The first kappa shape index (κ1) is 26.2. The predicted molar refractivity (Wildman–Crippen MR) is 159 cm³/mol. The van der Waals surface area contributed by atoms with Crippen LogP contribution in [0, 0.1) is 0 Å². The lowest BCUT2D eigenvalue weighted by atomic mass is 9.69. The van der Waals surface area contributed by atoms with E-state index < -0.39 is 0 Å². The molecule has 1 aliphatic carbocycles. The molecule has 2 N–H and O–H groups in total. The molecular formula is C30H44N6S. The van der Waals surface area contributed by atoms with Gasteiger partial charge in [-0.2, -0.15) is 9.97 Å². The molecule has 0 amide bonds. The monoisotopic (exact) mass is 520 g/mol. The first-order chi connectivity index (χ1) is 18.1. The SMILES string of the molecule is CC1CCCCN1c1cc(N2CCCCCC2)nc(NC(=S)NCC2(c3ccccc3)CCCCC2)n1. The van der Waals surface area contributed by atoms with Crippen LogP contribution in [0.4, 0.5) is 17.6 Å². The molecule has 3 fully saturated rings. The van der Waals surface area contributed by atoms with Gasteiger partial charge in [0.1, 0.15) is 11.6 Å². The molecule has 1 aromatic carbocycles. The number of aromatic nitrogens is 2. The Hall–Kier alpha value is -2.41. The summed E-state index contributed by atoms with van der Waals surface area (Å²) >= 11 is 5.82. The standard InChI is InChI=1S/C30H44N6S/c1-24-14-8-13-21-36(24)27-22-26(35-19-11-2-3-12-20-35)32-28(33-27)34-29(37)31-23-30(17-9-5-10-18-30)25-15-6-4-7-16-25/h4,6-7,15-16,22,24H,2-3,5,8-14,17-21,23H2,1H3,(H2,31,32,33,34,37). The first-order valence-electron chi connectivity index (χ1n) is 14.6. The first-order valence-corrected chi connectivity index (χ1v) is 15.0. The second-order valence-electron chi connectivity index (χ2n) is 11.4. The van der Waals surface area contributed by atoms with Gasteiger partial charge >= 0.3 is 0 Å². The van der Waals surface area contributed by atoms with Gasteiger partial charge in [0.15, 0.2) is 5.11 Å².